The summed E-state index contributed by atoms with van der Waals surface area (Å²) in [6.45, 7) is 8.23. The number of diazo groups is 1. The molecule has 9 heteroatoms. The second-order valence-electron chi connectivity index (χ2n) is 8.26. The van der Waals surface area contributed by atoms with Crippen LogP contribution >= 0.6 is 0 Å². The smallest absolute Gasteiger partial charge is 0.491 e. The van der Waals surface area contributed by atoms with E-state index >= 15 is 0 Å². The lowest BCUT2D eigenvalue weighted by Gasteiger charge is -2.30. The molecule has 2 aliphatic heterocycles. The molecule has 1 fully saturated rings. The average molecular weight is 485 g/mol. The Hall–Kier alpha value is -3.51. The largest absolute Gasteiger partial charge is 0.652 e. The van der Waals surface area contributed by atoms with Gasteiger partial charge in [-0.05, 0) is 29.8 Å². The van der Waals surface area contributed by atoms with Crippen LogP contribution in [-0.2, 0) is 14.4 Å². The number of morpholine rings is 1. The first-order valence-electron chi connectivity index (χ1n) is 12.3. The van der Waals surface area contributed by atoms with E-state index in [9.17, 15) is 4.79 Å². The van der Waals surface area contributed by atoms with E-state index in [2.05, 4.69) is 28.9 Å². The minimum Gasteiger partial charge on any atom is -0.491 e. The number of likely N-dealkylation sites (N-methyl/N-ethyl adjacent to an activating group) is 1. The lowest BCUT2D eigenvalue weighted by atomic mass is 10.2. The van der Waals surface area contributed by atoms with Crippen molar-refractivity contribution in [3.05, 3.63) is 58.4 Å². The van der Waals surface area contributed by atoms with Gasteiger partial charge in [-0.2, -0.15) is 0 Å². The number of benzene rings is 1. The van der Waals surface area contributed by atoms with Crippen molar-refractivity contribution < 1.29 is 23.8 Å². The highest BCUT2D eigenvalue weighted by Gasteiger charge is 2.29. The minimum atomic E-state index is -0.617. The third kappa shape index (κ3) is 8.04. The molecule has 0 spiro atoms. The van der Waals surface area contributed by atoms with Gasteiger partial charge >= 0.3 is 21.8 Å². The highest BCUT2D eigenvalue weighted by atomic mass is 16.7. The van der Waals surface area contributed by atoms with E-state index in [0.717, 1.165) is 44.5 Å². The van der Waals surface area contributed by atoms with E-state index in [4.69, 9.17) is 19.0 Å². The Kier molecular flexibility index (Phi) is 10.5. The van der Waals surface area contributed by atoms with Crippen LogP contribution < -0.4 is 14.4 Å². The zero-order valence-corrected chi connectivity index (χ0v) is 20.9. The zero-order chi connectivity index (χ0) is 24.9. The van der Waals surface area contributed by atoms with Gasteiger partial charge in [-0.25, -0.2) is 4.79 Å². The van der Waals surface area contributed by atoms with Gasteiger partial charge in [0.15, 0.2) is 5.75 Å². The van der Waals surface area contributed by atoms with Gasteiger partial charge in [0.2, 0.25) is 5.75 Å². The summed E-state index contributed by atoms with van der Waals surface area (Å²) in [4.78, 5) is 25.4. The fourth-order valence-electron chi connectivity index (χ4n) is 3.49. The number of hydrogen-bond donors (Lipinski definition) is 0. The lowest BCUT2D eigenvalue weighted by Crippen LogP contribution is -2.36. The highest BCUT2D eigenvalue weighted by molar-refractivity contribution is 5.83. The number of rotatable bonds is 10. The van der Waals surface area contributed by atoms with E-state index in [0.29, 0.717) is 49.3 Å². The molecular weight excluding hydrogens is 448 g/mol. The summed E-state index contributed by atoms with van der Waals surface area (Å²) in [6, 6.07) is 3.74. The summed E-state index contributed by atoms with van der Waals surface area (Å²) >= 11 is 0. The van der Waals surface area contributed by atoms with Crippen molar-refractivity contribution in [2.45, 2.75) is 39.5 Å². The molecule has 0 atom stereocenters. The van der Waals surface area contributed by atoms with Crippen LogP contribution in [0.4, 0.5) is 11.4 Å². The summed E-state index contributed by atoms with van der Waals surface area (Å²) in [5.41, 5.74) is 2.08. The maximum absolute atomic E-state index is 12.2. The predicted molar refractivity (Wildman–Crippen MR) is 137 cm³/mol. The van der Waals surface area contributed by atoms with Crippen molar-refractivity contribution >= 4 is 17.3 Å². The quantitative estimate of drug-likeness (QED) is 0.187. The van der Waals surface area contributed by atoms with Gasteiger partial charge in [0, 0.05) is 38.1 Å². The highest BCUT2D eigenvalue weighted by Crippen LogP contribution is 2.41. The van der Waals surface area contributed by atoms with Gasteiger partial charge < -0.3 is 24.0 Å². The molecule has 2 heterocycles. The van der Waals surface area contributed by atoms with Gasteiger partial charge in [0.1, 0.15) is 0 Å². The normalized spacial score (nSPS) is 16.1. The zero-order valence-electron chi connectivity index (χ0n) is 20.9. The first-order valence-corrected chi connectivity index (χ1v) is 12.3. The SMILES string of the molecule is CCCCOc1cc(N2CCOCC2)c(OCCCC)cc1[N+]#[N+]OC(=O)/C=C1\C=CC=CN1C. The van der Waals surface area contributed by atoms with Crippen molar-refractivity contribution in [2.24, 2.45) is 0 Å². The number of allylic oxidation sites excluding steroid dienone is 3. The molecule has 0 N–H and O–H groups in total. The van der Waals surface area contributed by atoms with E-state index < -0.39 is 5.97 Å². The van der Waals surface area contributed by atoms with Crippen LogP contribution in [0.3, 0.4) is 0 Å². The van der Waals surface area contributed by atoms with Gasteiger partial charge in [-0.3, -0.25) is 0 Å². The first-order chi connectivity index (χ1) is 17.1. The third-order valence-electron chi connectivity index (χ3n) is 5.54. The molecule has 0 radical (unpaired) electrons. The van der Waals surface area contributed by atoms with Gasteiger partial charge in [0.25, 0.3) is 0 Å². The molecule has 0 unspecified atom stereocenters. The van der Waals surface area contributed by atoms with E-state index in [1.165, 1.54) is 6.08 Å². The molecule has 3 rings (SSSR count). The number of carbonyl (C=O) groups is 1. The van der Waals surface area contributed by atoms with Gasteiger partial charge in [-0.1, -0.05) is 32.8 Å². The fraction of sp³-hybridized carbons (Fsp3) is 0.500. The lowest BCUT2D eigenvalue weighted by molar-refractivity contribution is -0.132. The van der Waals surface area contributed by atoms with Gasteiger partial charge in [-0.15, -0.1) is 0 Å². The number of carbonyl (C=O) groups excluding carboxylic acids is 1. The molecule has 0 aromatic heterocycles. The van der Waals surface area contributed by atoms with E-state index in [1.807, 2.05) is 42.4 Å². The molecule has 1 saturated heterocycles. The Morgan fingerprint density at radius 2 is 1.77 bits per heavy atom. The number of unbranched alkanes of at least 4 members (excludes halogenated alkanes) is 2. The van der Waals surface area contributed by atoms with Crippen LogP contribution in [0.2, 0.25) is 0 Å². The average Bonchev–Trinajstić information content (AvgIpc) is 2.87. The Morgan fingerprint density at radius 3 is 2.46 bits per heavy atom. The molecule has 0 aliphatic carbocycles. The Labute approximate surface area is 207 Å². The summed E-state index contributed by atoms with van der Waals surface area (Å²) in [7, 11) is 1.84. The van der Waals surface area contributed by atoms with Crippen LogP contribution in [0, 0.1) is 0 Å². The van der Waals surface area contributed by atoms with Crippen molar-refractivity contribution in [1.29, 1.82) is 0 Å². The standard InChI is InChI=1S/C26H36N4O5/c1-4-6-14-33-24-20-23(30-12-16-32-17-13-30)25(34-15-7-5-2)19-22(24)27-28-35-26(31)18-21-10-8-9-11-29(21)3/h8-11,18-20H,4-7,12-17H2,1-3H3/q+2/b21-18+. The second-order valence-corrected chi connectivity index (χ2v) is 8.26. The number of nitrogens with zero attached hydrogens (tertiary/aromatic N) is 4. The molecule has 188 valence electrons. The monoisotopic (exact) mass is 484 g/mol. The van der Waals surface area contributed by atoms with Crippen LogP contribution in [0.1, 0.15) is 39.5 Å². The topological polar surface area (TPSA) is 69.2 Å². The molecule has 2 aliphatic rings. The molecule has 0 bridgehead atoms. The van der Waals surface area contributed by atoms with Crippen molar-refractivity contribution in [1.82, 2.24) is 4.90 Å². The molecular formula is C26H36N4O5+2. The number of hydrogen-bond acceptors (Lipinski definition) is 7. The molecule has 0 amide bonds. The Morgan fingerprint density at radius 1 is 1.06 bits per heavy atom. The van der Waals surface area contributed by atoms with Crippen LogP contribution in [0.5, 0.6) is 11.5 Å². The Bertz CT molecular complexity index is 1000. The van der Waals surface area contributed by atoms with Crippen molar-refractivity contribution in [3.63, 3.8) is 0 Å². The summed E-state index contributed by atoms with van der Waals surface area (Å²) in [6.07, 6.45) is 12.6. The maximum atomic E-state index is 12.2. The van der Waals surface area contributed by atoms with Crippen LogP contribution in [-0.4, -0.2) is 57.4 Å². The second kappa shape index (κ2) is 14.0. The van der Waals surface area contributed by atoms with Crippen LogP contribution in [0.15, 0.2) is 48.3 Å². The molecule has 35 heavy (non-hydrogen) atoms. The molecule has 9 nitrogen and oxygen atoms in total. The number of anilines is 1. The Balaban J connectivity index is 1.85. The van der Waals surface area contributed by atoms with Gasteiger partial charge in [0.05, 0.1) is 44.3 Å². The third-order valence-corrected chi connectivity index (χ3v) is 5.54. The summed E-state index contributed by atoms with van der Waals surface area (Å²) < 4.78 is 17.7. The van der Waals surface area contributed by atoms with Crippen molar-refractivity contribution in [2.75, 3.05) is 51.5 Å². The van der Waals surface area contributed by atoms with E-state index in [-0.39, 0.29) is 0 Å². The first kappa shape index (κ1) is 26.1. The van der Waals surface area contributed by atoms with Crippen LogP contribution in [0.25, 0.3) is 10.1 Å². The number of ether oxygens (including phenoxy) is 3. The molecule has 0 saturated carbocycles. The maximum Gasteiger partial charge on any atom is 0.652 e. The fourth-order valence-corrected chi connectivity index (χ4v) is 3.49. The summed E-state index contributed by atoms with van der Waals surface area (Å²) in [5.74, 6) is 0.653. The predicted octanol–water partition coefficient (Wildman–Crippen LogP) is 5.53. The molecule has 1 aromatic rings. The van der Waals surface area contributed by atoms with Crippen molar-refractivity contribution in [3.8, 4) is 11.5 Å². The summed E-state index contributed by atoms with van der Waals surface area (Å²) in [5, 5.41) is 3.70. The van der Waals surface area contributed by atoms with E-state index in [1.54, 1.807) is 6.07 Å². The minimum absolute atomic E-state index is 0.447. The molecule has 1 aromatic carbocycles.